The van der Waals surface area contributed by atoms with Gasteiger partial charge in [-0.25, -0.2) is 0 Å². The van der Waals surface area contributed by atoms with E-state index >= 15 is 0 Å². The molecule has 0 heterocycles. The van der Waals surface area contributed by atoms with Crippen molar-refractivity contribution < 1.29 is 9.90 Å². The van der Waals surface area contributed by atoms with Gasteiger partial charge in [-0.2, -0.15) is 0 Å². The van der Waals surface area contributed by atoms with Crippen molar-refractivity contribution in [1.82, 2.24) is 5.32 Å². The molecule has 7 nitrogen and oxygen atoms in total. The van der Waals surface area contributed by atoms with Gasteiger partial charge in [-0.1, -0.05) is 61.8 Å². The van der Waals surface area contributed by atoms with Crippen LogP contribution in [-0.2, 0) is 17.8 Å². The zero-order valence-electron chi connectivity index (χ0n) is 20.2. The molecule has 0 spiro atoms. The highest BCUT2D eigenvalue weighted by molar-refractivity contribution is 6.34. The van der Waals surface area contributed by atoms with Crippen LogP contribution in [0.3, 0.4) is 0 Å². The fraction of sp³-hybridized carbons (Fsp3) is 0.259. The van der Waals surface area contributed by atoms with Crippen molar-refractivity contribution in [2.24, 2.45) is 11.7 Å². The Morgan fingerprint density at radius 2 is 1.80 bits per heavy atom. The molecule has 0 bridgehead atoms. The SMILES string of the molecule is CC(C)C(C)Nc1cc(Cl)c(-c2cccc(N)c2)c(CC(=O)NCc2ccc(C(=N)N)cc2)c1O. The minimum Gasteiger partial charge on any atom is -0.505 e. The fourth-order valence-corrected chi connectivity index (χ4v) is 3.95. The molecular weight excluding hydrogens is 462 g/mol. The molecule has 8 N–H and O–H groups in total. The highest BCUT2D eigenvalue weighted by Crippen LogP contribution is 2.42. The molecule has 0 fully saturated rings. The van der Waals surface area contributed by atoms with Crippen LogP contribution in [0.5, 0.6) is 5.75 Å². The maximum atomic E-state index is 13.0. The largest absolute Gasteiger partial charge is 0.505 e. The molecule has 1 atom stereocenters. The highest BCUT2D eigenvalue weighted by atomic mass is 35.5. The van der Waals surface area contributed by atoms with Gasteiger partial charge in [0, 0.05) is 35.0 Å². The van der Waals surface area contributed by atoms with Crippen molar-refractivity contribution in [2.75, 3.05) is 11.1 Å². The summed E-state index contributed by atoms with van der Waals surface area (Å²) in [5, 5.41) is 25.3. The monoisotopic (exact) mass is 493 g/mol. The molecule has 0 aliphatic carbocycles. The summed E-state index contributed by atoms with van der Waals surface area (Å²) in [6.07, 6.45) is -0.0766. The van der Waals surface area contributed by atoms with Crippen LogP contribution in [0.2, 0.25) is 5.02 Å². The van der Waals surface area contributed by atoms with Gasteiger partial charge in [-0.3, -0.25) is 10.2 Å². The smallest absolute Gasteiger partial charge is 0.224 e. The van der Waals surface area contributed by atoms with E-state index in [4.69, 9.17) is 28.5 Å². The van der Waals surface area contributed by atoms with Crippen molar-refractivity contribution in [2.45, 2.75) is 39.8 Å². The van der Waals surface area contributed by atoms with Gasteiger partial charge in [0.2, 0.25) is 5.91 Å². The van der Waals surface area contributed by atoms with Crippen molar-refractivity contribution in [1.29, 1.82) is 5.41 Å². The summed E-state index contributed by atoms with van der Waals surface area (Å²) in [6.45, 7) is 6.47. The van der Waals surface area contributed by atoms with Crippen molar-refractivity contribution in [3.63, 3.8) is 0 Å². The zero-order chi connectivity index (χ0) is 25.7. The second-order valence-electron chi connectivity index (χ2n) is 8.97. The molecule has 0 radical (unpaired) electrons. The van der Waals surface area contributed by atoms with E-state index in [1.807, 2.05) is 13.0 Å². The Balaban J connectivity index is 1.91. The van der Waals surface area contributed by atoms with Gasteiger partial charge < -0.3 is 27.2 Å². The van der Waals surface area contributed by atoms with Crippen LogP contribution in [0.4, 0.5) is 11.4 Å². The maximum Gasteiger partial charge on any atom is 0.224 e. The summed E-state index contributed by atoms with van der Waals surface area (Å²) >= 11 is 6.70. The number of hydrogen-bond donors (Lipinski definition) is 6. The first kappa shape index (κ1) is 25.9. The van der Waals surface area contributed by atoms with Gasteiger partial charge in [-0.15, -0.1) is 0 Å². The summed E-state index contributed by atoms with van der Waals surface area (Å²) in [4.78, 5) is 13.0. The van der Waals surface area contributed by atoms with Gasteiger partial charge in [0.1, 0.15) is 11.6 Å². The Morgan fingerprint density at radius 1 is 1.11 bits per heavy atom. The van der Waals surface area contributed by atoms with E-state index in [2.05, 4.69) is 24.5 Å². The van der Waals surface area contributed by atoms with Crippen LogP contribution in [0.15, 0.2) is 54.6 Å². The van der Waals surface area contributed by atoms with E-state index in [9.17, 15) is 9.90 Å². The van der Waals surface area contributed by atoms with Gasteiger partial charge in [0.05, 0.1) is 17.1 Å². The fourth-order valence-electron chi connectivity index (χ4n) is 3.62. The molecule has 3 aromatic carbocycles. The third kappa shape index (κ3) is 6.45. The van der Waals surface area contributed by atoms with E-state index < -0.39 is 0 Å². The average molecular weight is 494 g/mol. The molecule has 0 aliphatic rings. The Hall–Kier alpha value is -3.71. The quantitative estimate of drug-likeness (QED) is 0.109. The lowest BCUT2D eigenvalue weighted by atomic mass is 9.94. The first-order valence-corrected chi connectivity index (χ1v) is 11.8. The molecular formula is C27H32ClN5O2. The number of aromatic hydroxyl groups is 1. The number of nitrogens with one attached hydrogen (secondary N) is 3. The Morgan fingerprint density at radius 3 is 2.40 bits per heavy atom. The normalized spacial score (nSPS) is 11.8. The van der Waals surface area contributed by atoms with E-state index in [1.165, 1.54) is 0 Å². The number of phenols is 1. The number of hydrogen-bond acceptors (Lipinski definition) is 5. The molecule has 184 valence electrons. The third-order valence-corrected chi connectivity index (χ3v) is 6.30. The number of nitrogen functional groups attached to an aromatic ring is 2. The van der Waals surface area contributed by atoms with Crippen LogP contribution >= 0.6 is 11.6 Å². The van der Waals surface area contributed by atoms with Crippen LogP contribution in [-0.4, -0.2) is 22.9 Å². The number of carbonyl (C=O) groups excluding carboxylic acids is 1. The predicted octanol–water partition coefficient (Wildman–Crippen LogP) is 4.89. The average Bonchev–Trinajstić information content (AvgIpc) is 2.81. The molecule has 3 aromatic rings. The van der Waals surface area contributed by atoms with Crippen molar-refractivity contribution >= 4 is 34.7 Å². The van der Waals surface area contributed by atoms with Crippen molar-refractivity contribution in [3.05, 3.63) is 76.3 Å². The second-order valence-corrected chi connectivity index (χ2v) is 9.38. The molecule has 8 heteroatoms. The molecule has 3 rings (SSSR count). The van der Waals surface area contributed by atoms with Gasteiger partial charge in [0.25, 0.3) is 0 Å². The maximum absolute atomic E-state index is 13.0. The number of rotatable bonds is 9. The number of carbonyl (C=O) groups is 1. The highest BCUT2D eigenvalue weighted by Gasteiger charge is 2.22. The standard InChI is InChI=1S/C27H32ClN5O2/c1-15(2)16(3)33-23-13-22(28)25(19-5-4-6-20(29)11-19)21(26(23)35)12-24(34)32-14-17-7-9-18(10-8-17)27(30)31/h4-11,13,15-16,33,35H,12,14,29H2,1-3H3,(H3,30,31)(H,32,34). The van der Waals surface area contributed by atoms with Crippen LogP contribution in [0.1, 0.15) is 37.5 Å². The first-order valence-electron chi connectivity index (χ1n) is 11.4. The molecule has 35 heavy (non-hydrogen) atoms. The van der Waals surface area contributed by atoms with E-state index in [1.54, 1.807) is 48.5 Å². The van der Waals surface area contributed by atoms with Crippen LogP contribution < -0.4 is 22.1 Å². The number of benzene rings is 3. The predicted molar refractivity (Wildman–Crippen MR) is 144 cm³/mol. The lowest BCUT2D eigenvalue weighted by molar-refractivity contribution is -0.120. The number of anilines is 2. The van der Waals surface area contributed by atoms with Crippen LogP contribution in [0, 0.1) is 11.3 Å². The molecule has 1 amide bonds. The summed E-state index contributed by atoms with van der Waals surface area (Å²) in [5.41, 5.74) is 15.7. The Labute approximate surface area is 211 Å². The van der Waals surface area contributed by atoms with Gasteiger partial charge in [-0.05, 0) is 42.2 Å². The summed E-state index contributed by atoms with van der Waals surface area (Å²) in [5.74, 6) is 0.0247. The zero-order valence-corrected chi connectivity index (χ0v) is 20.9. The Bertz CT molecular complexity index is 1220. The minimum absolute atomic E-state index is 0.0118. The lowest BCUT2D eigenvalue weighted by Crippen LogP contribution is -2.25. The van der Waals surface area contributed by atoms with E-state index in [0.29, 0.717) is 45.6 Å². The molecule has 0 aliphatic heterocycles. The number of nitrogens with two attached hydrogens (primary N) is 2. The van der Waals surface area contributed by atoms with Gasteiger partial charge in [0.15, 0.2) is 0 Å². The number of halogens is 1. The van der Waals surface area contributed by atoms with E-state index in [-0.39, 0.29) is 30.0 Å². The summed E-state index contributed by atoms with van der Waals surface area (Å²) < 4.78 is 0. The van der Waals surface area contributed by atoms with Crippen LogP contribution in [0.25, 0.3) is 11.1 Å². The van der Waals surface area contributed by atoms with Gasteiger partial charge >= 0.3 is 0 Å². The van der Waals surface area contributed by atoms with E-state index in [0.717, 1.165) is 11.1 Å². The Kier molecular flexibility index (Phi) is 8.25. The third-order valence-electron chi connectivity index (χ3n) is 6.00. The number of phenolic OH excluding ortho intramolecular Hbond substituents is 1. The topological polar surface area (TPSA) is 137 Å². The molecule has 0 saturated heterocycles. The molecule has 0 aromatic heterocycles. The minimum atomic E-state index is -0.272. The molecule has 0 saturated carbocycles. The molecule has 1 unspecified atom stereocenters. The number of amides is 1. The summed E-state index contributed by atoms with van der Waals surface area (Å²) in [6, 6.07) is 16.0. The van der Waals surface area contributed by atoms with Crippen molar-refractivity contribution in [3.8, 4) is 16.9 Å². The lowest BCUT2D eigenvalue weighted by Gasteiger charge is -2.23. The second kappa shape index (κ2) is 11.1. The first-order chi connectivity index (χ1) is 16.6. The summed E-state index contributed by atoms with van der Waals surface area (Å²) in [7, 11) is 0. The number of amidine groups is 1.